The number of hydrazine groups is 1. The molecule has 0 aliphatic carbocycles. The second-order valence-electron chi connectivity index (χ2n) is 3.59. The Morgan fingerprint density at radius 2 is 2.29 bits per heavy atom. The molecule has 0 radical (unpaired) electrons. The quantitative estimate of drug-likeness (QED) is 0.592. The van der Waals surface area contributed by atoms with Gasteiger partial charge in [0, 0.05) is 11.9 Å². The van der Waals surface area contributed by atoms with Gasteiger partial charge in [-0.3, -0.25) is 5.43 Å². The van der Waals surface area contributed by atoms with Gasteiger partial charge in [0.25, 0.3) is 0 Å². The zero-order valence-corrected chi connectivity index (χ0v) is 10.5. The molecule has 17 heavy (non-hydrogen) atoms. The van der Waals surface area contributed by atoms with Gasteiger partial charge in [-0.2, -0.15) is 15.0 Å². The number of ether oxygens (including phenoxy) is 2. The van der Waals surface area contributed by atoms with Crippen LogP contribution in [0, 0.1) is 0 Å². The Morgan fingerprint density at radius 3 is 2.88 bits per heavy atom. The number of hydrogen-bond acceptors (Lipinski definition) is 8. The maximum Gasteiger partial charge on any atom is 0.321 e. The van der Waals surface area contributed by atoms with Crippen LogP contribution < -0.4 is 16.0 Å². The van der Waals surface area contributed by atoms with Crippen molar-refractivity contribution in [1.29, 1.82) is 0 Å². The number of nitrogen functional groups attached to an aromatic ring is 1. The third-order valence-electron chi connectivity index (χ3n) is 2.47. The van der Waals surface area contributed by atoms with Crippen molar-refractivity contribution in [2.75, 3.05) is 19.1 Å². The summed E-state index contributed by atoms with van der Waals surface area (Å²) >= 11 is 1.56. The zero-order chi connectivity index (χ0) is 12.3. The Labute approximate surface area is 103 Å². The van der Waals surface area contributed by atoms with Crippen LogP contribution in [-0.4, -0.2) is 40.0 Å². The molecule has 0 saturated carbocycles. The molecule has 0 spiro atoms. The standard InChI is InChI=1S/C9H15N5O2S/c1-5-6(3-4-16-5)17-9-12-7(14-10)11-8(13-9)15-2/h5-6H,3-4,10H2,1-2H3,(H,11,12,13,14). The normalized spacial score (nSPS) is 23.7. The molecular weight excluding hydrogens is 242 g/mol. The molecule has 2 atom stereocenters. The molecule has 7 nitrogen and oxygen atoms in total. The maximum atomic E-state index is 5.49. The molecule has 1 aromatic heterocycles. The minimum absolute atomic E-state index is 0.206. The highest BCUT2D eigenvalue weighted by Gasteiger charge is 2.26. The van der Waals surface area contributed by atoms with E-state index >= 15 is 0 Å². The van der Waals surface area contributed by atoms with Crippen molar-refractivity contribution in [1.82, 2.24) is 15.0 Å². The van der Waals surface area contributed by atoms with Crippen molar-refractivity contribution in [3.05, 3.63) is 0 Å². The number of rotatable bonds is 4. The van der Waals surface area contributed by atoms with Gasteiger partial charge in [0.15, 0.2) is 5.16 Å². The average molecular weight is 257 g/mol. The second kappa shape index (κ2) is 5.48. The van der Waals surface area contributed by atoms with E-state index in [0.717, 1.165) is 13.0 Å². The number of thioether (sulfide) groups is 1. The van der Waals surface area contributed by atoms with E-state index in [-0.39, 0.29) is 12.1 Å². The number of nitrogens with zero attached hydrogens (tertiary/aromatic N) is 3. The van der Waals surface area contributed by atoms with Crippen LogP contribution in [-0.2, 0) is 4.74 Å². The number of nitrogens with two attached hydrogens (primary N) is 1. The van der Waals surface area contributed by atoms with Crippen molar-refractivity contribution in [3.8, 4) is 6.01 Å². The molecule has 94 valence electrons. The lowest BCUT2D eigenvalue weighted by molar-refractivity contribution is 0.127. The Kier molecular flexibility index (Phi) is 3.97. The van der Waals surface area contributed by atoms with Crippen LogP contribution in [0.1, 0.15) is 13.3 Å². The maximum absolute atomic E-state index is 5.49. The summed E-state index contributed by atoms with van der Waals surface area (Å²) < 4.78 is 10.5. The SMILES string of the molecule is COc1nc(NN)nc(SC2CCOC2C)n1. The molecule has 2 unspecified atom stereocenters. The summed E-state index contributed by atoms with van der Waals surface area (Å²) in [6.45, 7) is 2.83. The summed E-state index contributed by atoms with van der Waals surface area (Å²) in [4.78, 5) is 12.3. The first-order valence-electron chi connectivity index (χ1n) is 5.28. The molecule has 1 aliphatic heterocycles. The van der Waals surface area contributed by atoms with Gasteiger partial charge in [0.1, 0.15) is 0 Å². The fourth-order valence-corrected chi connectivity index (χ4v) is 2.57. The molecule has 0 bridgehead atoms. The third kappa shape index (κ3) is 2.96. The van der Waals surface area contributed by atoms with E-state index in [2.05, 4.69) is 20.4 Å². The van der Waals surface area contributed by atoms with Crippen molar-refractivity contribution in [3.63, 3.8) is 0 Å². The lowest BCUT2D eigenvalue weighted by Crippen LogP contribution is -2.16. The molecule has 1 saturated heterocycles. The van der Waals surface area contributed by atoms with Gasteiger partial charge in [0.2, 0.25) is 5.95 Å². The summed E-state index contributed by atoms with van der Waals surface area (Å²) in [5.41, 5.74) is 2.39. The van der Waals surface area contributed by atoms with E-state index in [4.69, 9.17) is 15.3 Å². The summed E-state index contributed by atoms with van der Waals surface area (Å²) in [6, 6.07) is 0.252. The Balaban J connectivity index is 2.14. The predicted molar refractivity (Wildman–Crippen MR) is 63.9 cm³/mol. The van der Waals surface area contributed by atoms with E-state index < -0.39 is 0 Å². The Hall–Kier alpha value is -1.12. The van der Waals surface area contributed by atoms with Crippen LogP contribution in [0.4, 0.5) is 5.95 Å². The van der Waals surface area contributed by atoms with Gasteiger partial charge in [-0.1, -0.05) is 11.8 Å². The first-order valence-corrected chi connectivity index (χ1v) is 6.16. The van der Waals surface area contributed by atoms with Crippen molar-refractivity contribution in [2.24, 2.45) is 5.84 Å². The van der Waals surface area contributed by atoms with Crippen LogP contribution >= 0.6 is 11.8 Å². The fourth-order valence-electron chi connectivity index (χ4n) is 1.55. The first-order chi connectivity index (χ1) is 8.22. The summed E-state index contributed by atoms with van der Waals surface area (Å²) in [6.07, 6.45) is 1.20. The van der Waals surface area contributed by atoms with Gasteiger partial charge < -0.3 is 9.47 Å². The van der Waals surface area contributed by atoms with E-state index in [0.29, 0.717) is 16.4 Å². The van der Waals surface area contributed by atoms with Gasteiger partial charge in [-0.15, -0.1) is 0 Å². The summed E-state index contributed by atoms with van der Waals surface area (Å²) in [7, 11) is 1.51. The Bertz CT molecular complexity index is 369. The molecule has 3 N–H and O–H groups in total. The number of anilines is 1. The van der Waals surface area contributed by atoms with Crippen LogP contribution in [0.5, 0.6) is 6.01 Å². The monoisotopic (exact) mass is 257 g/mol. The fraction of sp³-hybridized carbons (Fsp3) is 0.667. The van der Waals surface area contributed by atoms with E-state index in [9.17, 15) is 0 Å². The minimum atomic E-state index is 0.206. The third-order valence-corrected chi connectivity index (χ3v) is 3.78. The molecule has 0 amide bonds. The molecule has 2 rings (SSSR count). The summed E-state index contributed by atoms with van der Waals surface area (Å²) in [5.74, 6) is 5.58. The molecule has 1 aliphatic rings. The molecule has 8 heteroatoms. The van der Waals surface area contributed by atoms with Gasteiger partial charge in [-0.25, -0.2) is 5.84 Å². The highest BCUT2D eigenvalue weighted by molar-refractivity contribution is 7.99. The van der Waals surface area contributed by atoms with E-state index in [1.807, 2.05) is 6.92 Å². The van der Waals surface area contributed by atoms with Crippen molar-refractivity contribution >= 4 is 17.7 Å². The number of methoxy groups -OCH3 is 1. The van der Waals surface area contributed by atoms with Crippen molar-refractivity contribution < 1.29 is 9.47 Å². The van der Waals surface area contributed by atoms with Crippen LogP contribution in [0.2, 0.25) is 0 Å². The van der Waals surface area contributed by atoms with Gasteiger partial charge in [-0.05, 0) is 13.3 Å². The van der Waals surface area contributed by atoms with Gasteiger partial charge in [0.05, 0.1) is 13.2 Å². The molecule has 2 heterocycles. The Morgan fingerprint density at radius 1 is 1.47 bits per heavy atom. The summed E-state index contributed by atoms with van der Waals surface area (Å²) in [5, 5.41) is 0.944. The molecular formula is C9H15N5O2S. The minimum Gasteiger partial charge on any atom is -0.467 e. The molecule has 1 fully saturated rings. The van der Waals surface area contributed by atoms with Crippen LogP contribution in [0.15, 0.2) is 5.16 Å². The lowest BCUT2D eigenvalue weighted by atomic mass is 10.3. The molecule has 0 aromatic carbocycles. The zero-order valence-electron chi connectivity index (χ0n) is 9.71. The highest BCUT2D eigenvalue weighted by Crippen LogP contribution is 2.31. The topological polar surface area (TPSA) is 95.2 Å². The van der Waals surface area contributed by atoms with Crippen LogP contribution in [0.3, 0.4) is 0 Å². The van der Waals surface area contributed by atoms with Gasteiger partial charge >= 0.3 is 6.01 Å². The molecule has 1 aromatic rings. The first kappa shape index (κ1) is 12.3. The largest absolute Gasteiger partial charge is 0.467 e. The van der Waals surface area contributed by atoms with E-state index in [1.165, 1.54) is 7.11 Å². The average Bonchev–Trinajstić information content (AvgIpc) is 2.74. The number of nitrogens with one attached hydrogen (secondary N) is 1. The lowest BCUT2D eigenvalue weighted by Gasteiger charge is -2.12. The number of aromatic nitrogens is 3. The predicted octanol–water partition coefficient (Wildman–Crippen LogP) is 0.435. The number of hydrogen-bond donors (Lipinski definition) is 2. The second-order valence-corrected chi connectivity index (χ2v) is 4.80. The smallest absolute Gasteiger partial charge is 0.321 e. The van der Waals surface area contributed by atoms with Crippen molar-refractivity contribution in [2.45, 2.75) is 29.9 Å². The highest BCUT2D eigenvalue weighted by atomic mass is 32.2. The van der Waals surface area contributed by atoms with Crippen LogP contribution in [0.25, 0.3) is 0 Å². The van der Waals surface area contributed by atoms with E-state index in [1.54, 1.807) is 11.8 Å².